The molecule has 4 aliphatic rings. The van der Waals surface area contributed by atoms with Gasteiger partial charge in [-0.25, -0.2) is 4.99 Å². The van der Waals surface area contributed by atoms with Crippen molar-refractivity contribution >= 4 is 11.6 Å². The monoisotopic (exact) mass is 386 g/mol. The number of nitrogens with zero attached hydrogens (tertiary/aromatic N) is 1. The molecule has 1 fully saturated rings. The van der Waals surface area contributed by atoms with Crippen molar-refractivity contribution in [3.8, 4) is 17.6 Å². The summed E-state index contributed by atoms with van der Waals surface area (Å²) < 4.78 is 17.4. The van der Waals surface area contributed by atoms with Crippen LogP contribution >= 0.6 is 0 Å². The van der Waals surface area contributed by atoms with E-state index in [0.717, 1.165) is 28.0 Å². The second kappa shape index (κ2) is 6.68. The number of aliphatic imine (C=N–C) groups is 1. The standard InChI is InChI=1S/C24H22N2O3/c1-2-6-17-7-4-3-5-8-18(11-17)19-9-10-21-20(12-19)24(16-29-22(25)26-24)23(15-28-21)13-27-14-23/h3-5,7-12H,13-16H2,1H3,(H2,25,26)/b4-3?,5-3+,7-4+,8-5?,17-7?,17-11-,18-8+,18-11?. The highest BCUT2D eigenvalue weighted by atomic mass is 16.5. The van der Waals surface area contributed by atoms with Gasteiger partial charge in [-0.1, -0.05) is 36.3 Å². The highest BCUT2D eigenvalue weighted by molar-refractivity contribution is 5.80. The fourth-order valence-corrected chi connectivity index (χ4v) is 4.34. The summed E-state index contributed by atoms with van der Waals surface area (Å²) in [5, 5.41) is 0. The third-order valence-corrected chi connectivity index (χ3v) is 5.98. The SMILES string of the molecule is CC#CC1=C/C(c2ccc3c(c2)C2(COC(N)=N2)C2(COC2)CO3)=C\C=C\C=C\1. The molecule has 146 valence electrons. The first-order valence-corrected chi connectivity index (χ1v) is 9.69. The zero-order valence-corrected chi connectivity index (χ0v) is 16.3. The molecule has 0 aromatic heterocycles. The van der Waals surface area contributed by atoms with Crippen LogP contribution in [0.3, 0.4) is 0 Å². The third kappa shape index (κ3) is 2.72. The largest absolute Gasteiger partial charge is 0.492 e. The molecule has 29 heavy (non-hydrogen) atoms. The maximum atomic E-state index is 6.12. The van der Waals surface area contributed by atoms with Crippen molar-refractivity contribution in [3.05, 3.63) is 71.4 Å². The Bertz CT molecular complexity index is 1080. The van der Waals surface area contributed by atoms with Gasteiger partial charge in [0.2, 0.25) is 0 Å². The van der Waals surface area contributed by atoms with Gasteiger partial charge in [0.1, 0.15) is 24.5 Å². The van der Waals surface area contributed by atoms with Crippen molar-refractivity contribution in [2.45, 2.75) is 12.5 Å². The molecule has 0 saturated carbocycles. The molecule has 1 unspecified atom stereocenters. The summed E-state index contributed by atoms with van der Waals surface area (Å²) in [4.78, 5) is 4.79. The second-order valence-corrected chi connectivity index (χ2v) is 7.71. The molecule has 1 aromatic carbocycles. The quantitative estimate of drug-likeness (QED) is 0.754. The van der Waals surface area contributed by atoms with Gasteiger partial charge in [0, 0.05) is 11.1 Å². The van der Waals surface area contributed by atoms with Gasteiger partial charge in [0.15, 0.2) is 0 Å². The number of hydrogen-bond acceptors (Lipinski definition) is 5. The van der Waals surface area contributed by atoms with E-state index in [1.807, 2.05) is 37.3 Å². The fraction of sp³-hybridized carbons (Fsp3) is 0.292. The summed E-state index contributed by atoms with van der Waals surface area (Å²) in [7, 11) is 0. The molecular weight excluding hydrogens is 364 g/mol. The molecule has 2 N–H and O–H groups in total. The van der Waals surface area contributed by atoms with Crippen LogP contribution in [0.25, 0.3) is 5.57 Å². The third-order valence-electron chi connectivity index (χ3n) is 5.98. The predicted octanol–water partition coefficient (Wildman–Crippen LogP) is 3.09. The number of rotatable bonds is 1. The molecule has 1 aromatic rings. The van der Waals surface area contributed by atoms with Crippen molar-refractivity contribution in [1.29, 1.82) is 0 Å². The van der Waals surface area contributed by atoms with Crippen molar-refractivity contribution < 1.29 is 14.2 Å². The summed E-state index contributed by atoms with van der Waals surface area (Å²) in [5.74, 6) is 6.95. The first-order valence-electron chi connectivity index (χ1n) is 9.69. The molecule has 0 bridgehead atoms. The van der Waals surface area contributed by atoms with Gasteiger partial charge in [0.05, 0.1) is 18.6 Å². The number of fused-ring (bicyclic) bond motifs is 3. The lowest BCUT2D eigenvalue weighted by Crippen LogP contribution is -2.63. The van der Waals surface area contributed by atoms with E-state index in [0.29, 0.717) is 26.4 Å². The van der Waals surface area contributed by atoms with Gasteiger partial charge >= 0.3 is 0 Å². The predicted molar refractivity (Wildman–Crippen MR) is 112 cm³/mol. The molecule has 0 amide bonds. The molecule has 5 rings (SSSR count). The number of amidine groups is 1. The van der Waals surface area contributed by atoms with E-state index in [1.54, 1.807) is 0 Å². The van der Waals surface area contributed by atoms with E-state index in [4.69, 9.17) is 24.9 Å². The average Bonchev–Trinajstić information content (AvgIpc) is 3.05. The van der Waals surface area contributed by atoms with E-state index in [9.17, 15) is 0 Å². The summed E-state index contributed by atoms with van der Waals surface area (Å²) in [6.07, 6.45) is 12.2. The zero-order chi connectivity index (χ0) is 19.9. The Hall–Kier alpha value is -3.23. The normalized spacial score (nSPS) is 31.7. The molecule has 3 heterocycles. The lowest BCUT2D eigenvalue weighted by atomic mass is 9.64. The van der Waals surface area contributed by atoms with Crippen LogP contribution in [-0.4, -0.2) is 32.4 Å². The van der Waals surface area contributed by atoms with Gasteiger partial charge in [-0.2, -0.15) is 0 Å². The molecule has 1 atom stereocenters. The van der Waals surface area contributed by atoms with Crippen molar-refractivity contribution in [2.75, 3.05) is 26.4 Å². The topological polar surface area (TPSA) is 66.1 Å². The number of benzene rings is 1. The van der Waals surface area contributed by atoms with Gasteiger partial charge < -0.3 is 19.9 Å². The molecule has 2 spiro atoms. The highest BCUT2D eigenvalue weighted by Crippen LogP contribution is 2.56. The van der Waals surface area contributed by atoms with Gasteiger partial charge in [0.25, 0.3) is 6.02 Å². The Morgan fingerprint density at radius 1 is 1.07 bits per heavy atom. The summed E-state index contributed by atoms with van der Waals surface area (Å²) >= 11 is 0. The van der Waals surface area contributed by atoms with E-state index >= 15 is 0 Å². The molecular formula is C24H22N2O3. The number of ether oxygens (including phenoxy) is 3. The van der Waals surface area contributed by atoms with Crippen LogP contribution in [0.2, 0.25) is 0 Å². The average molecular weight is 386 g/mol. The maximum Gasteiger partial charge on any atom is 0.283 e. The highest BCUT2D eigenvalue weighted by Gasteiger charge is 2.63. The Balaban J connectivity index is 1.64. The lowest BCUT2D eigenvalue weighted by Gasteiger charge is -2.53. The molecule has 3 aliphatic heterocycles. The minimum absolute atomic E-state index is 0.230. The summed E-state index contributed by atoms with van der Waals surface area (Å²) in [6, 6.07) is 6.47. The van der Waals surface area contributed by atoms with E-state index in [-0.39, 0.29) is 11.4 Å². The summed E-state index contributed by atoms with van der Waals surface area (Å²) in [6.45, 7) is 3.97. The molecule has 5 heteroatoms. The Labute approximate surface area is 170 Å². The molecule has 1 aliphatic carbocycles. The molecule has 0 radical (unpaired) electrons. The zero-order valence-electron chi connectivity index (χ0n) is 16.3. The van der Waals surface area contributed by atoms with Crippen LogP contribution in [0.15, 0.2) is 65.2 Å². The van der Waals surface area contributed by atoms with E-state index < -0.39 is 5.54 Å². The fourth-order valence-electron chi connectivity index (χ4n) is 4.34. The number of allylic oxidation sites excluding steroid dienone is 8. The van der Waals surface area contributed by atoms with Crippen LogP contribution in [-0.2, 0) is 15.0 Å². The Morgan fingerprint density at radius 3 is 2.69 bits per heavy atom. The number of nitrogens with two attached hydrogens (primary N) is 1. The maximum absolute atomic E-state index is 6.12. The van der Waals surface area contributed by atoms with Crippen molar-refractivity contribution in [1.82, 2.24) is 0 Å². The Morgan fingerprint density at radius 2 is 1.97 bits per heavy atom. The Kier molecular flexibility index (Phi) is 4.11. The van der Waals surface area contributed by atoms with Crippen molar-refractivity contribution in [2.24, 2.45) is 16.1 Å². The van der Waals surface area contributed by atoms with Crippen LogP contribution in [0.5, 0.6) is 5.75 Å². The van der Waals surface area contributed by atoms with Gasteiger partial charge in [-0.15, -0.1) is 5.92 Å². The smallest absolute Gasteiger partial charge is 0.283 e. The minimum atomic E-state index is -0.577. The van der Waals surface area contributed by atoms with E-state index in [1.165, 1.54) is 0 Å². The van der Waals surface area contributed by atoms with Crippen LogP contribution in [0, 0.1) is 17.3 Å². The van der Waals surface area contributed by atoms with Crippen molar-refractivity contribution in [3.63, 3.8) is 0 Å². The molecule has 5 nitrogen and oxygen atoms in total. The minimum Gasteiger partial charge on any atom is -0.492 e. The van der Waals surface area contributed by atoms with Gasteiger partial charge in [-0.05, 0) is 42.3 Å². The lowest BCUT2D eigenvalue weighted by molar-refractivity contribution is -0.185. The van der Waals surface area contributed by atoms with Crippen LogP contribution in [0.4, 0.5) is 0 Å². The first kappa shape index (κ1) is 17.8. The van der Waals surface area contributed by atoms with Crippen LogP contribution in [0.1, 0.15) is 18.1 Å². The van der Waals surface area contributed by atoms with Crippen LogP contribution < -0.4 is 10.5 Å². The summed E-state index contributed by atoms with van der Waals surface area (Å²) in [5.41, 5.74) is 9.25. The molecule has 1 saturated heterocycles. The van der Waals surface area contributed by atoms with Gasteiger partial charge in [-0.3, -0.25) is 0 Å². The number of hydrogen-bond donors (Lipinski definition) is 1. The second-order valence-electron chi connectivity index (χ2n) is 7.71. The first-order chi connectivity index (χ1) is 14.2. The van der Waals surface area contributed by atoms with E-state index in [2.05, 4.69) is 36.1 Å².